The Labute approximate surface area is 348 Å². The SMILES string of the molecule is C.Cc1cc(C[C@@H](OC(=O)N2CCC(N3CCc4ccccc4NC3=O)CC2)C(=O)N2CCN(C3CCN(CC(=O)OCCN4CCCC4=O)CC3)CC2)cc(C)c1O. The summed E-state index contributed by atoms with van der Waals surface area (Å²) in [7, 11) is 0. The zero-order valence-corrected chi connectivity index (χ0v) is 34.0. The first-order valence-electron chi connectivity index (χ1n) is 21.1. The van der Waals surface area contributed by atoms with Crippen molar-refractivity contribution >= 4 is 35.6 Å². The number of para-hydroxylation sites is 1. The van der Waals surface area contributed by atoms with E-state index in [0.29, 0.717) is 88.8 Å². The molecule has 2 aromatic rings. The van der Waals surface area contributed by atoms with E-state index in [2.05, 4.69) is 15.1 Å². The molecule has 0 aromatic heterocycles. The van der Waals surface area contributed by atoms with Gasteiger partial charge in [-0.1, -0.05) is 37.8 Å². The molecule has 0 bridgehead atoms. The summed E-state index contributed by atoms with van der Waals surface area (Å²) in [5.41, 5.74) is 4.15. The minimum atomic E-state index is -1.03. The number of phenolic OH excluding ortho intramolecular Hbond substituents is 1. The van der Waals surface area contributed by atoms with E-state index in [1.807, 2.05) is 55.1 Å². The number of phenols is 1. The molecule has 0 saturated carbocycles. The summed E-state index contributed by atoms with van der Waals surface area (Å²) < 4.78 is 11.5. The fourth-order valence-electron chi connectivity index (χ4n) is 9.24. The molecule has 2 N–H and O–H groups in total. The largest absolute Gasteiger partial charge is 0.507 e. The minimum absolute atomic E-state index is 0. The molecule has 1 atom stereocenters. The minimum Gasteiger partial charge on any atom is -0.507 e. The van der Waals surface area contributed by atoms with Gasteiger partial charge in [0.15, 0.2) is 6.10 Å². The van der Waals surface area contributed by atoms with Gasteiger partial charge in [-0.25, -0.2) is 9.59 Å². The van der Waals surface area contributed by atoms with Crippen LogP contribution >= 0.6 is 0 Å². The third kappa shape index (κ3) is 10.8. The van der Waals surface area contributed by atoms with E-state index in [-0.39, 0.29) is 62.6 Å². The number of anilines is 1. The first-order valence-corrected chi connectivity index (χ1v) is 21.1. The number of aryl methyl sites for hydroxylation is 2. The summed E-state index contributed by atoms with van der Waals surface area (Å²) in [6, 6.07) is 11.7. The Morgan fingerprint density at radius 3 is 2.19 bits per heavy atom. The quantitative estimate of drug-likeness (QED) is 0.318. The van der Waals surface area contributed by atoms with Gasteiger partial charge < -0.3 is 39.5 Å². The number of amides is 5. The number of rotatable bonds is 11. The fraction of sp³-hybridized carbons (Fsp3) is 0.614. The van der Waals surface area contributed by atoms with Crippen molar-refractivity contribution in [2.24, 2.45) is 0 Å². The molecule has 59 heavy (non-hydrogen) atoms. The van der Waals surface area contributed by atoms with E-state index in [9.17, 15) is 29.1 Å². The Morgan fingerprint density at radius 2 is 1.51 bits per heavy atom. The van der Waals surface area contributed by atoms with Crippen molar-refractivity contribution in [2.45, 2.75) is 90.8 Å². The first-order chi connectivity index (χ1) is 28.0. The maximum Gasteiger partial charge on any atom is 0.410 e. The van der Waals surface area contributed by atoms with Gasteiger partial charge in [0.25, 0.3) is 5.91 Å². The maximum atomic E-state index is 14.2. The number of nitrogens with one attached hydrogen (secondary N) is 1. The average molecular weight is 818 g/mol. The van der Waals surface area contributed by atoms with Crippen LogP contribution < -0.4 is 5.32 Å². The highest BCUT2D eigenvalue weighted by Gasteiger charge is 2.37. The number of likely N-dealkylation sites (tertiary alicyclic amines) is 3. The van der Waals surface area contributed by atoms with Crippen LogP contribution in [0.2, 0.25) is 0 Å². The molecule has 5 heterocycles. The van der Waals surface area contributed by atoms with Crippen molar-refractivity contribution in [1.82, 2.24) is 29.4 Å². The van der Waals surface area contributed by atoms with Crippen molar-refractivity contribution in [3.05, 3.63) is 58.7 Å². The van der Waals surface area contributed by atoms with Crippen LogP contribution in [-0.2, 0) is 36.7 Å². The molecule has 15 heteroatoms. The van der Waals surface area contributed by atoms with Crippen LogP contribution in [0.15, 0.2) is 36.4 Å². The normalized spacial score (nSPS) is 20.4. The molecule has 4 saturated heterocycles. The number of hydrogen-bond donors (Lipinski definition) is 2. The van der Waals surface area contributed by atoms with Crippen LogP contribution in [0.5, 0.6) is 5.75 Å². The van der Waals surface area contributed by atoms with Crippen LogP contribution in [0.4, 0.5) is 15.3 Å². The number of ether oxygens (including phenoxy) is 2. The number of fused-ring (bicyclic) bond motifs is 1. The summed E-state index contributed by atoms with van der Waals surface area (Å²) in [6.07, 6.45) is 3.87. The number of urea groups is 1. The van der Waals surface area contributed by atoms with Gasteiger partial charge in [-0.2, -0.15) is 0 Å². The molecule has 0 aliphatic carbocycles. The number of aromatic hydroxyl groups is 1. The second kappa shape index (κ2) is 19.9. The first kappa shape index (κ1) is 43.7. The zero-order valence-electron chi connectivity index (χ0n) is 34.0. The van der Waals surface area contributed by atoms with Crippen molar-refractivity contribution in [3.8, 4) is 5.75 Å². The summed E-state index contributed by atoms with van der Waals surface area (Å²) in [4.78, 5) is 77.0. The summed E-state index contributed by atoms with van der Waals surface area (Å²) in [5, 5.41) is 13.5. The molecule has 5 aliphatic heterocycles. The highest BCUT2D eigenvalue weighted by Crippen LogP contribution is 2.27. The predicted octanol–water partition coefficient (Wildman–Crippen LogP) is 4.02. The maximum absolute atomic E-state index is 14.2. The lowest BCUT2D eigenvalue weighted by molar-refractivity contribution is -0.147. The van der Waals surface area contributed by atoms with Crippen LogP contribution in [0, 0.1) is 13.8 Å². The van der Waals surface area contributed by atoms with Gasteiger partial charge in [-0.15, -0.1) is 0 Å². The van der Waals surface area contributed by atoms with E-state index < -0.39 is 12.2 Å². The standard InChI is InChI=1S/C43H59N7O8.CH4/c1-30-26-32(27-31(2)40(30)53)28-37(58-43(56)49-17-12-35(13-18-49)50-19-9-33-6-3-4-7-36(33)44-42(50)55)41(54)48-22-20-46(21-23-48)34-10-15-45(16-11-34)29-39(52)57-25-24-47-14-5-8-38(47)51;/h3-4,6-7,26-27,34-35,37,53H,5,8-25,28-29H2,1-2H3,(H,44,55);1H4/t37-;/m1./s1. The van der Waals surface area contributed by atoms with E-state index in [1.165, 1.54) is 0 Å². The lowest BCUT2D eigenvalue weighted by Crippen LogP contribution is -2.57. The van der Waals surface area contributed by atoms with Gasteiger partial charge in [-0.3, -0.25) is 24.2 Å². The molecular formula is C44H63N7O8. The van der Waals surface area contributed by atoms with Crippen molar-refractivity contribution in [3.63, 3.8) is 0 Å². The van der Waals surface area contributed by atoms with Crippen molar-refractivity contribution in [1.29, 1.82) is 0 Å². The second-order valence-corrected chi connectivity index (χ2v) is 16.5. The van der Waals surface area contributed by atoms with E-state index >= 15 is 0 Å². The topological polar surface area (TPSA) is 156 Å². The summed E-state index contributed by atoms with van der Waals surface area (Å²) >= 11 is 0. The third-order valence-corrected chi connectivity index (χ3v) is 12.6. The third-order valence-electron chi connectivity index (χ3n) is 12.6. The Kier molecular flexibility index (Phi) is 14.7. The number of esters is 1. The number of carbonyl (C=O) groups is 5. The number of piperidine rings is 2. The number of piperazine rings is 1. The molecule has 0 spiro atoms. The van der Waals surface area contributed by atoms with E-state index in [4.69, 9.17) is 9.47 Å². The van der Waals surface area contributed by atoms with Gasteiger partial charge in [0, 0.05) is 96.1 Å². The monoisotopic (exact) mass is 817 g/mol. The van der Waals surface area contributed by atoms with Crippen molar-refractivity contribution in [2.75, 3.05) is 90.5 Å². The van der Waals surface area contributed by atoms with Gasteiger partial charge >= 0.3 is 18.1 Å². The predicted molar refractivity (Wildman–Crippen MR) is 223 cm³/mol. The van der Waals surface area contributed by atoms with Gasteiger partial charge in [-0.05, 0) is 80.7 Å². The smallest absolute Gasteiger partial charge is 0.410 e. The van der Waals surface area contributed by atoms with Gasteiger partial charge in [0.1, 0.15) is 12.4 Å². The zero-order chi connectivity index (χ0) is 40.8. The van der Waals surface area contributed by atoms with Crippen LogP contribution in [0.1, 0.15) is 68.2 Å². The molecule has 5 aliphatic rings. The summed E-state index contributed by atoms with van der Waals surface area (Å²) in [5.74, 6) is -0.151. The Bertz CT molecular complexity index is 1790. The number of benzene rings is 2. The second-order valence-electron chi connectivity index (χ2n) is 16.5. The molecule has 0 radical (unpaired) electrons. The fourth-order valence-corrected chi connectivity index (χ4v) is 9.24. The van der Waals surface area contributed by atoms with Crippen LogP contribution in [0.3, 0.4) is 0 Å². The average Bonchev–Trinajstić information content (AvgIpc) is 3.55. The Hall–Kier alpha value is -4.89. The van der Waals surface area contributed by atoms with Crippen LogP contribution in [0.25, 0.3) is 0 Å². The lowest BCUT2D eigenvalue weighted by Gasteiger charge is -2.43. The Morgan fingerprint density at radius 1 is 0.831 bits per heavy atom. The Balaban J connectivity index is 0.00000585. The van der Waals surface area contributed by atoms with Crippen molar-refractivity contribution < 1.29 is 38.6 Å². The molecule has 15 nitrogen and oxygen atoms in total. The van der Waals surface area contributed by atoms with Crippen LogP contribution in [-0.4, -0.2) is 168 Å². The van der Waals surface area contributed by atoms with E-state index in [1.54, 1.807) is 14.7 Å². The van der Waals surface area contributed by atoms with Gasteiger partial charge in [0.2, 0.25) is 5.91 Å². The molecule has 0 unspecified atom stereocenters. The van der Waals surface area contributed by atoms with Gasteiger partial charge in [0.05, 0.1) is 13.1 Å². The van der Waals surface area contributed by atoms with E-state index in [0.717, 1.165) is 62.1 Å². The molecule has 322 valence electrons. The lowest BCUT2D eigenvalue weighted by atomic mass is 10.00. The molecule has 7 rings (SSSR count). The highest BCUT2D eigenvalue weighted by atomic mass is 16.6. The number of hydrogen-bond acceptors (Lipinski definition) is 10. The summed E-state index contributed by atoms with van der Waals surface area (Å²) in [6.45, 7) is 10.7. The molecule has 5 amide bonds. The molecular weight excluding hydrogens is 755 g/mol. The highest BCUT2D eigenvalue weighted by molar-refractivity contribution is 5.91. The molecule has 2 aromatic carbocycles. The number of nitrogens with zero attached hydrogens (tertiary/aromatic N) is 6. The molecule has 4 fully saturated rings. The number of carbonyl (C=O) groups excluding carboxylic acids is 5.